The van der Waals surface area contributed by atoms with Gasteiger partial charge >= 0.3 is 6.03 Å². The molecule has 7 heteroatoms. The van der Waals surface area contributed by atoms with E-state index in [-0.39, 0.29) is 6.03 Å². The van der Waals surface area contributed by atoms with Gasteiger partial charge in [0, 0.05) is 13.6 Å². The number of rotatable bonds is 8. The third-order valence-corrected chi connectivity index (χ3v) is 4.34. The Morgan fingerprint density at radius 1 is 1.11 bits per heavy atom. The Morgan fingerprint density at radius 3 is 2.50 bits per heavy atom. The smallest absolute Gasteiger partial charge is 0.317 e. The van der Waals surface area contributed by atoms with Crippen molar-refractivity contribution in [2.45, 2.75) is 20.0 Å². The lowest BCUT2D eigenvalue weighted by atomic mass is 10.1. The molecule has 0 fully saturated rings. The number of aromatic nitrogens is 3. The number of urea groups is 1. The van der Waals surface area contributed by atoms with Gasteiger partial charge in [0.15, 0.2) is 0 Å². The Morgan fingerprint density at radius 2 is 1.82 bits per heavy atom. The van der Waals surface area contributed by atoms with Crippen LogP contribution in [0.15, 0.2) is 61.2 Å². The molecule has 146 valence electrons. The molecule has 1 heterocycles. The fourth-order valence-corrected chi connectivity index (χ4v) is 2.61. The maximum Gasteiger partial charge on any atom is 0.317 e. The van der Waals surface area contributed by atoms with Crippen LogP contribution in [0.3, 0.4) is 0 Å². The number of carbonyl (C=O) groups is 1. The zero-order valence-corrected chi connectivity index (χ0v) is 16.2. The molecular weight excluding hydrogens is 354 g/mol. The molecule has 0 spiro atoms. The minimum atomic E-state index is -0.126. The maximum atomic E-state index is 12.2. The van der Waals surface area contributed by atoms with Gasteiger partial charge in [-0.15, -0.1) is 0 Å². The summed E-state index contributed by atoms with van der Waals surface area (Å²) in [6, 6.07) is 15.8. The Balaban J connectivity index is 1.38. The number of likely N-dealkylation sites (N-methyl/N-ethyl adjacent to an activating group) is 1. The highest BCUT2D eigenvalue weighted by molar-refractivity contribution is 5.73. The fourth-order valence-electron chi connectivity index (χ4n) is 2.61. The summed E-state index contributed by atoms with van der Waals surface area (Å²) in [5.41, 5.74) is 3.36. The van der Waals surface area contributed by atoms with Crippen molar-refractivity contribution in [3.05, 3.63) is 77.9 Å². The monoisotopic (exact) mass is 379 g/mol. The van der Waals surface area contributed by atoms with Crippen LogP contribution in [0.25, 0.3) is 0 Å². The van der Waals surface area contributed by atoms with Crippen LogP contribution in [-0.2, 0) is 13.1 Å². The molecule has 0 aliphatic heterocycles. The van der Waals surface area contributed by atoms with Gasteiger partial charge in [0.1, 0.15) is 25.0 Å². The quantitative estimate of drug-likeness (QED) is 0.653. The highest BCUT2D eigenvalue weighted by Gasteiger charge is 2.08. The first kappa shape index (κ1) is 19.4. The molecule has 0 aliphatic rings. The zero-order valence-electron chi connectivity index (χ0n) is 16.2. The molecule has 0 saturated heterocycles. The average Bonchev–Trinajstić information content (AvgIpc) is 3.21. The van der Waals surface area contributed by atoms with Gasteiger partial charge in [-0.05, 0) is 30.2 Å². The van der Waals surface area contributed by atoms with Gasteiger partial charge in [0.2, 0.25) is 0 Å². The maximum absolute atomic E-state index is 12.2. The van der Waals surface area contributed by atoms with Crippen LogP contribution in [-0.4, -0.2) is 45.9 Å². The van der Waals surface area contributed by atoms with Crippen molar-refractivity contribution >= 4 is 6.03 Å². The van der Waals surface area contributed by atoms with Gasteiger partial charge in [0.05, 0.1) is 13.1 Å². The van der Waals surface area contributed by atoms with Crippen LogP contribution in [0.1, 0.15) is 16.7 Å². The second-order valence-corrected chi connectivity index (χ2v) is 6.65. The van der Waals surface area contributed by atoms with E-state index in [0.29, 0.717) is 26.2 Å². The highest BCUT2D eigenvalue weighted by atomic mass is 16.5. The van der Waals surface area contributed by atoms with Gasteiger partial charge in [-0.3, -0.25) is 0 Å². The summed E-state index contributed by atoms with van der Waals surface area (Å²) < 4.78 is 7.44. The number of benzene rings is 2. The topological polar surface area (TPSA) is 72.3 Å². The number of nitrogens with zero attached hydrogens (tertiary/aromatic N) is 4. The van der Waals surface area contributed by atoms with Gasteiger partial charge in [-0.25, -0.2) is 14.5 Å². The molecule has 2 amide bonds. The lowest BCUT2D eigenvalue weighted by Gasteiger charge is -2.18. The minimum Gasteiger partial charge on any atom is -0.492 e. The molecule has 3 rings (SSSR count). The summed E-state index contributed by atoms with van der Waals surface area (Å²) >= 11 is 0. The van der Waals surface area contributed by atoms with E-state index in [1.54, 1.807) is 23.0 Å². The summed E-state index contributed by atoms with van der Waals surface area (Å²) in [5, 5.41) is 7.02. The number of hydrogen-bond donors (Lipinski definition) is 1. The van der Waals surface area contributed by atoms with E-state index in [1.165, 1.54) is 11.9 Å². The number of amides is 2. The van der Waals surface area contributed by atoms with Crippen LogP contribution in [0.4, 0.5) is 4.79 Å². The third kappa shape index (κ3) is 5.84. The highest BCUT2D eigenvalue weighted by Crippen LogP contribution is 2.11. The SMILES string of the molecule is Cc1ccc(OCCN(C)C(=O)NCc2ccc(Cn3cncn3)cc2)cc1. The number of ether oxygens (including phenoxy) is 1. The standard InChI is InChI=1S/C21H25N5O2/c1-17-3-9-20(10-4-17)28-12-11-25(2)21(27)23-13-18-5-7-19(8-6-18)14-26-16-22-15-24-26/h3-10,15-16H,11-14H2,1-2H3,(H,23,27). The summed E-state index contributed by atoms with van der Waals surface area (Å²) in [4.78, 5) is 17.8. The number of nitrogens with one attached hydrogen (secondary N) is 1. The van der Waals surface area contributed by atoms with E-state index in [9.17, 15) is 4.79 Å². The van der Waals surface area contributed by atoms with Crippen LogP contribution in [0.5, 0.6) is 5.75 Å². The van der Waals surface area contributed by atoms with Gasteiger partial charge < -0.3 is 15.0 Å². The molecule has 0 radical (unpaired) electrons. The summed E-state index contributed by atoms with van der Waals surface area (Å²) in [5.74, 6) is 0.811. The van der Waals surface area contributed by atoms with Crippen molar-refractivity contribution in [2.75, 3.05) is 20.2 Å². The van der Waals surface area contributed by atoms with Crippen LogP contribution < -0.4 is 10.1 Å². The number of aryl methyl sites for hydroxylation is 1. The molecule has 0 aliphatic carbocycles. The molecule has 28 heavy (non-hydrogen) atoms. The van der Waals surface area contributed by atoms with Crippen LogP contribution >= 0.6 is 0 Å². The second kappa shape index (κ2) is 9.55. The van der Waals surface area contributed by atoms with Crippen molar-refractivity contribution in [3.63, 3.8) is 0 Å². The van der Waals surface area contributed by atoms with Crippen molar-refractivity contribution in [1.82, 2.24) is 25.0 Å². The van der Waals surface area contributed by atoms with Crippen molar-refractivity contribution in [1.29, 1.82) is 0 Å². The molecule has 3 aromatic rings. The van der Waals surface area contributed by atoms with Crippen molar-refractivity contribution in [3.8, 4) is 5.75 Å². The molecule has 1 aromatic heterocycles. The molecule has 7 nitrogen and oxygen atoms in total. The predicted octanol–water partition coefficient (Wildman–Crippen LogP) is 2.86. The molecule has 2 aromatic carbocycles. The lowest BCUT2D eigenvalue weighted by Crippen LogP contribution is -2.39. The molecule has 1 N–H and O–H groups in total. The van der Waals surface area contributed by atoms with E-state index in [0.717, 1.165) is 16.9 Å². The lowest BCUT2D eigenvalue weighted by molar-refractivity contribution is 0.195. The summed E-state index contributed by atoms with van der Waals surface area (Å²) in [7, 11) is 1.76. The van der Waals surface area contributed by atoms with Gasteiger partial charge in [0.25, 0.3) is 0 Å². The number of hydrogen-bond acceptors (Lipinski definition) is 4. The van der Waals surface area contributed by atoms with E-state index < -0.39 is 0 Å². The molecule has 0 saturated carbocycles. The van der Waals surface area contributed by atoms with Crippen LogP contribution in [0.2, 0.25) is 0 Å². The second-order valence-electron chi connectivity index (χ2n) is 6.65. The molecule has 0 atom stereocenters. The van der Waals surface area contributed by atoms with Crippen molar-refractivity contribution < 1.29 is 9.53 Å². The predicted molar refractivity (Wildman–Crippen MR) is 107 cm³/mol. The minimum absolute atomic E-state index is 0.126. The first-order valence-corrected chi connectivity index (χ1v) is 9.19. The average molecular weight is 379 g/mol. The zero-order chi connectivity index (χ0) is 19.8. The first-order chi connectivity index (χ1) is 13.6. The number of carbonyl (C=O) groups excluding carboxylic acids is 1. The van der Waals surface area contributed by atoms with Gasteiger partial charge in [-0.2, -0.15) is 5.10 Å². The normalized spacial score (nSPS) is 10.5. The third-order valence-electron chi connectivity index (χ3n) is 4.34. The van der Waals surface area contributed by atoms with E-state index in [1.807, 2.05) is 55.5 Å². The molecule has 0 bridgehead atoms. The fraction of sp³-hybridized carbons (Fsp3) is 0.286. The van der Waals surface area contributed by atoms with Gasteiger partial charge in [-0.1, -0.05) is 42.0 Å². The summed E-state index contributed by atoms with van der Waals surface area (Å²) in [6.45, 7) is 4.15. The molecule has 0 unspecified atom stereocenters. The van der Waals surface area contributed by atoms with E-state index >= 15 is 0 Å². The van der Waals surface area contributed by atoms with Crippen LogP contribution in [0, 0.1) is 6.92 Å². The van der Waals surface area contributed by atoms with E-state index in [4.69, 9.17) is 4.74 Å². The Hall–Kier alpha value is -3.35. The Bertz CT molecular complexity index is 861. The summed E-state index contributed by atoms with van der Waals surface area (Å²) in [6.07, 6.45) is 3.21. The Labute approximate surface area is 165 Å². The van der Waals surface area contributed by atoms with Crippen molar-refractivity contribution in [2.24, 2.45) is 0 Å². The molecular formula is C21H25N5O2. The van der Waals surface area contributed by atoms with E-state index in [2.05, 4.69) is 15.4 Å². The largest absolute Gasteiger partial charge is 0.492 e. The Kier molecular flexibility index (Phi) is 6.62. The first-order valence-electron chi connectivity index (χ1n) is 9.19.